The van der Waals surface area contributed by atoms with Crippen molar-refractivity contribution in [3.63, 3.8) is 0 Å². The van der Waals surface area contributed by atoms with E-state index in [9.17, 15) is 0 Å². The topological polar surface area (TPSA) is 37.3 Å². The summed E-state index contributed by atoms with van der Waals surface area (Å²) in [5.74, 6) is 0. The number of hydrogen-bond donors (Lipinski definition) is 1. The van der Waals surface area contributed by atoms with Gasteiger partial charge in [0.25, 0.3) is 6.47 Å². The van der Waals surface area contributed by atoms with E-state index in [1.165, 1.54) is 31.6 Å². The molecule has 27 heavy (non-hydrogen) atoms. The van der Waals surface area contributed by atoms with E-state index in [0.29, 0.717) is 20.6 Å². The molecule has 0 bridgehead atoms. The van der Waals surface area contributed by atoms with Gasteiger partial charge in [0.1, 0.15) is 0 Å². The fourth-order valence-corrected chi connectivity index (χ4v) is 11.9. The van der Waals surface area contributed by atoms with Crippen LogP contribution in [0.4, 0.5) is 0 Å². The molecule has 0 aromatic heterocycles. The second-order valence-corrected chi connectivity index (χ2v) is 19.1. The van der Waals surface area contributed by atoms with Gasteiger partial charge in [-0.3, -0.25) is 4.79 Å². The van der Waals surface area contributed by atoms with Crippen molar-refractivity contribution in [1.29, 1.82) is 0 Å². The van der Waals surface area contributed by atoms with Crippen molar-refractivity contribution < 1.29 is 29.4 Å². The molecule has 0 aliphatic heterocycles. The Morgan fingerprint density at radius 1 is 0.593 bits per heavy atom. The quantitative estimate of drug-likeness (QED) is 0.170. The monoisotopic (exact) mass is 509 g/mol. The van der Waals surface area contributed by atoms with Crippen molar-refractivity contribution in [2.75, 3.05) is 12.3 Å². The summed E-state index contributed by atoms with van der Waals surface area (Å²) < 4.78 is 0. The molecular formula is C22H48O2P2Rh. The third-order valence-corrected chi connectivity index (χ3v) is 12.5. The second-order valence-electron chi connectivity index (χ2n) is 11.2. The van der Waals surface area contributed by atoms with E-state index < -0.39 is 0 Å². The third kappa shape index (κ3) is 15.5. The van der Waals surface area contributed by atoms with Crippen molar-refractivity contribution in [3.05, 3.63) is 0 Å². The molecule has 0 aromatic rings. The fourth-order valence-electron chi connectivity index (χ4n) is 4.07. The van der Waals surface area contributed by atoms with Crippen LogP contribution in [0.2, 0.25) is 0 Å². The van der Waals surface area contributed by atoms with Gasteiger partial charge in [-0.25, -0.2) is 0 Å². The van der Waals surface area contributed by atoms with E-state index in [4.69, 9.17) is 9.90 Å². The van der Waals surface area contributed by atoms with Crippen molar-refractivity contribution >= 4 is 22.3 Å². The predicted octanol–water partition coefficient (Wildman–Crippen LogP) is 8.01. The number of hydrogen-bond acceptors (Lipinski definition) is 1. The van der Waals surface area contributed by atoms with Crippen LogP contribution in [-0.2, 0) is 24.3 Å². The smallest absolute Gasteiger partial charge is 0.290 e. The Kier molecular flexibility index (Phi) is 16.1. The van der Waals surface area contributed by atoms with Gasteiger partial charge in [0.05, 0.1) is 0 Å². The zero-order chi connectivity index (χ0) is 21.4. The maximum Gasteiger partial charge on any atom is 0.290 e. The number of unbranched alkanes of at least 4 members (excludes halogenated alkanes) is 2. The van der Waals surface area contributed by atoms with E-state index >= 15 is 0 Å². The Labute approximate surface area is 186 Å². The van der Waals surface area contributed by atoms with E-state index in [0.717, 1.165) is 0 Å². The molecule has 0 saturated heterocycles. The summed E-state index contributed by atoms with van der Waals surface area (Å²) in [6.07, 6.45) is 7.18. The average Bonchev–Trinajstić information content (AvgIpc) is 2.31. The summed E-state index contributed by atoms with van der Waals surface area (Å²) in [6, 6.07) is 0. The molecule has 0 aliphatic rings. The van der Waals surface area contributed by atoms with Crippen molar-refractivity contribution in [3.8, 4) is 0 Å². The minimum atomic E-state index is -0.250. The maximum absolute atomic E-state index is 8.36. The minimum Gasteiger partial charge on any atom is -0.483 e. The molecular weight excluding hydrogens is 461 g/mol. The van der Waals surface area contributed by atoms with E-state index in [-0.39, 0.29) is 41.8 Å². The summed E-state index contributed by atoms with van der Waals surface area (Å²) in [6.45, 7) is 29.1. The van der Waals surface area contributed by atoms with Gasteiger partial charge in [-0.1, -0.05) is 105 Å². The van der Waals surface area contributed by atoms with Gasteiger partial charge < -0.3 is 5.11 Å². The SMILES string of the molecule is CC(C)(C)P(CCCCCP(C(C)(C)C)C(C)(C)C)C(C)(C)C.O=CO.[Rh]. The van der Waals surface area contributed by atoms with Gasteiger partial charge in [0.2, 0.25) is 0 Å². The molecule has 0 spiro atoms. The summed E-state index contributed by atoms with van der Waals surface area (Å²) in [7, 11) is 0.171. The van der Waals surface area contributed by atoms with Crippen molar-refractivity contribution in [2.24, 2.45) is 0 Å². The van der Waals surface area contributed by atoms with Gasteiger partial charge in [0.15, 0.2) is 0 Å². The van der Waals surface area contributed by atoms with Crippen LogP contribution in [0.15, 0.2) is 0 Å². The minimum absolute atomic E-state index is 0. The molecule has 0 atom stereocenters. The van der Waals surface area contributed by atoms with Gasteiger partial charge >= 0.3 is 0 Å². The first-order valence-corrected chi connectivity index (χ1v) is 13.1. The Balaban J connectivity index is -0.00000134. The van der Waals surface area contributed by atoms with Crippen LogP contribution in [0.25, 0.3) is 0 Å². The van der Waals surface area contributed by atoms with Crippen molar-refractivity contribution in [1.82, 2.24) is 0 Å². The summed E-state index contributed by atoms with van der Waals surface area (Å²) in [5.41, 5.74) is 0. The number of rotatable bonds is 6. The Morgan fingerprint density at radius 2 is 0.778 bits per heavy atom. The standard InChI is InChI=1S/C21H46P2.CH2O2.Rh/c1-18(2,3)22(19(4,5)6)16-14-13-15-17-23(20(7,8)9)21(10,11)12;2-1-3;/h13-17H2,1-12H3;1H,(H,2,3);. The largest absolute Gasteiger partial charge is 0.483 e. The van der Waals surface area contributed by atoms with Crippen LogP contribution in [0.5, 0.6) is 0 Å². The first-order valence-electron chi connectivity index (χ1n) is 10.0. The summed E-state index contributed by atoms with van der Waals surface area (Å²) >= 11 is 0. The summed E-state index contributed by atoms with van der Waals surface area (Å²) in [4.78, 5) is 8.36. The van der Waals surface area contributed by atoms with Gasteiger partial charge in [-0.15, -0.1) is 0 Å². The van der Waals surface area contributed by atoms with Gasteiger partial charge in [0, 0.05) is 19.5 Å². The third-order valence-electron chi connectivity index (χ3n) is 4.50. The number of carbonyl (C=O) groups is 1. The molecule has 0 rings (SSSR count). The second kappa shape index (κ2) is 13.3. The molecule has 5 heteroatoms. The Bertz CT molecular complexity index is 323. The maximum atomic E-state index is 8.36. The number of carboxylic acid groups (broad SMARTS) is 1. The molecule has 0 aliphatic carbocycles. The summed E-state index contributed by atoms with van der Waals surface area (Å²) in [5, 5.41) is 8.82. The van der Waals surface area contributed by atoms with Crippen LogP contribution in [0, 0.1) is 0 Å². The molecule has 167 valence electrons. The fraction of sp³-hybridized carbons (Fsp3) is 0.955. The molecule has 2 nitrogen and oxygen atoms in total. The molecule has 0 amide bonds. The van der Waals surface area contributed by atoms with Crippen LogP contribution >= 0.6 is 15.8 Å². The predicted molar refractivity (Wildman–Crippen MR) is 125 cm³/mol. The molecule has 1 radical (unpaired) electrons. The average molecular weight is 509 g/mol. The zero-order valence-electron chi connectivity index (χ0n) is 20.2. The van der Waals surface area contributed by atoms with E-state index in [1.54, 1.807) is 0 Å². The molecule has 0 heterocycles. The zero-order valence-corrected chi connectivity index (χ0v) is 23.6. The van der Waals surface area contributed by atoms with Crippen LogP contribution in [-0.4, -0.2) is 44.5 Å². The molecule has 0 fully saturated rings. The molecule has 0 saturated carbocycles. The van der Waals surface area contributed by atoms with Crippen LogP contribution in [0.1, 0.15) is 102 Å². The Morgan fingerprint density at radius 3 is 0.926 bits per heavy atom. The first-order chi connectivity index (χ1) is 11.4. The van der Waals surface area contributed by atoms with Crippen LogP contribution in [0.3, 0.4) is 0 Å². The molecule has 0 unspecified atom stereocenters. The Hall–Kier alpha value is 0.953. The molecule has 0 aromatic carbocycles. The normalized spacial score (nSPS) is 13.1. The molecule has 1 N–H and O–H groups in total. The van der Waals surface area contributed by atoms with Gasteiger partial charge in [-0.05, 0) is 45.8 Å². The van der Waals surface area contributed by atoms with Crippen molar-refractivity contribution in [2.45, 2.75) is 123 Å². The van der Waals surface area contributed by atoms with Gasteiger partial charge in [-0.2, -0.15) is 0 Å². The van der Waals surface area contributed by atoms with E-state index in [2.05, 4.69) is 83.1 Å². The van der Waals surface area contributed by atoms with Crippen LogP contribution < -0.4 is 0 Å². The van der Waals surface area contributed by atoms with E-state index in [1.807, 2.05) is 0 Å². The first kappa shape index (κ1) is 32.6.